The second-order valence-corrected chi connectivity index (χ2v) is 6.33. The van der Waals surface area contributed by atoms with E-state index in [1.165, 1.54) is 0 Å². The molecule has 2 aromatic carbocycles. The maximum atomic E-state index is 12.4. The monoisotopic (exact) mass is 370 g/mol. The van der Waals surface area contributed by atoms with E-state index in [4.69, 9.17) is 11.6 Å². The number of fused-ring (bicyclic) bond motifs is 1. The molecule has 0 atom stereocenters. The molecule has 1 aromatic heterocycles. The number of nitrogens with one attached hydrogen (secondary N) is 3. The standard InChI is InChI=1S/C17H15ClN6O2/c18-12-8-11(2-4-15(12)24-6-5-19-16(25)9-24)20-17(26)10-1-3-13-14(7-10)22-23-21-13/h1-4,7-8H,5-6,9H2,(H,19,25)(H,20,26)(H,21,22,23). The van der Waals surface area contributed by atoms with E-state index < -0.39 is 0 Å². The van der Waals surface area contributed by atoms with Crippen LogP contribution in [0.1, 0.15) is 10.4 Å². The molecular weight excluding hydrogens is 356 g/mol. The van der Waals surface area contributed by atoms with Gasteiger partial charge in [-0.2, -0.15) is 15.4 Å². The van der Waals surface area contributed by atoms with Crippen molar-refractivity contribution >= 4 is 45.8 Å². The van der Waals surface area contributed by atoms with Gasteiger partial charge in [0.15, 0.2) is 0 Å². The van der Waals surface area contributed by atoms with Crippen molar-refractivity contribution in [3.8, 4) is 0 Å². The average molecular weight is 371 g/mol. The van der Waals surface area contributed by atoms with E-state index in [0.29, 0.717) is 40.4 Å². The summed E-state index contributed by atoms with van der Waals surface area (Å²) in [5.74, 6) is -0.302. The zero-order valence-corrected chi connectivity index (χ0v) is 14.4. The predicted octanol–water partition coefficient (Wildman–Crippen LogP) is 1.80. The van der Waals surface area contributed by atoms with Gasteiger partial charge >= 0.3 is 0 Å². The van der Waals surface area contributed by atoms with E-state index in [9.17, 15) is 9.59 Å². The lowest BCUT2D eigenvalue weighted by Gasteiger charge is -2.29. The van der Waals surface area contributed by atoms with Gasteiger partial charge in [-0.05, 0) is 36.4 Å². The van der Waals surface area contributed by atoms with E-state index in [0.717, 1.165) is 5.69 Å². The molecule has 9 heteroatoms. The van der Waals surface area contributed by atoms with E-state index in [1.54, 1.807) is 36.4 Å². The minimum atomic E-state index is -0.268. The van der Waals surface area contributed by atoms with E-state index >= 15 is 0 Å². The first-order valence-corrected chi connectivity index (χ1v) is 8.41. The quantitative estimate of drug-likeness (QED) is 0.652. The van der Waals surface area contributed by atoms with Crippen molar-refractivity contribution in [3.05, 3.63) is 47.0 Å². The van der Waals surface area contributed by atoms with Crippen LogP contribution in [-0.4, -0.2) is 46.9 Å². The summed E-state index contributed by atoms with van der Waals surface area (Å²) < 4.78 is 0. The Labute approximate surface area is 153 Å². The van der Waals surface area contributed by atoms with Crippen LogP contribution in [0.3, 0.4) is 0 Å². The number of H-pyrrole nitrogens is 1. The first kappa shape index (κ1) is 16.3. The third-order valence-corrected chi connectivity index (χ3v) is 4.47. The molecule has 0 bridgehead atoms. The number of nitrogens with zero attached hydrogens (tertiary/aromatic N) is 3. The third-order valence-electron chi connectivity index (χ3n) is 4.16. The normalized spacial score (nSPS) is 14.3. The molecular formula is C17H15ClN6O2. The molecule has 0 spiro atoms. The van der Waals surface area contributed by atoms with Gasteiger partial charge in [-0.25, -0.2) is 0 Å². The van der Waals surface area contributed by atoms with Gasteiger partial charge < -0.3 is 15.5 Å². The maximum absolute atomic E-state index is 12.4. The molecule has 2 amide bonds. The van der Waals surface area contributed by atoms with Crippen molar-refractivity contribution in [2.45, 2.75) is 0 Å². The maximum Gasteiger partial charge on any atom is 0.255 e. The topological polar surface area (TPSA) is 103 Å². The smallest absolute Gasteiger partial charge is 0.255 e. The molecule has 3 aromatic rings. The summed E-state index contributed by atoms with van der Waals surface area (Å²) in [6.07, 6.45) is 0. The molecule has 2 heterocycles. The molecule has 0 radical (unpaired) electrons. The number of hydrogen-bond donors (Lipinski definition) is 3. The van der Waals surface area contributed by atoms with Crippen LogP contribution in [0.4, 0.5) is 11.4 Å². The Morgan fingerprint density at radius 2 is 2.00 bits per heavy atom. The summed E-state index contributed by atoms with van der Waals surface area (Å²) in [7, 11) is 0. The minimum Gasteiger partial charge on any atom is -0.359 e. The Hall–Kier alpha value is -3.13. The van der Waals surface area contributed by atoms with E-state index in [1.807, 2.05) is 4.90 Å². The van der Waals surface area contributed by atoms with Gasteiger partial charge in [0, 0.05) is 24.3 Å². The zero-order chi connectivity index (χ0) is 18.1. The molecule has 8 nitrogen and oxygen atoms in total. The van der Waals surface area contributed by atoms with Crippen LogP contribution in [0.15, 0.2) is 36.4 Å². The van der Waals surface area contributed by atoms with E-state index in [-0.39, 0.29) is 18.4 Å². The van der Waals surface area contributed by atoms with Gasteiger partial charge in [-0.3, -0.25) is 9.59 Å². The highest BCUT2D eigenvalue weighted by molar-refractivity contribution is 6.33. The van der Waals surface area contributed by atoms with Crippen molar-refractivity contribution < 1.29 is 9.59 Å². The van der Waals surface area contributed by atoms with Crippen LogP contribution in [0.25, 0.3) is 11.0 Å². The fraction of sp³-hybridized carbons (Fsp3) is 0.176. The number of amides is 2. The minimum absolute atomic E-state index is 0.0343. The Kier molecular flexibility index (Phi) is 4.18. The van der Waals surface area contributed by atoms with Gasteiger partial charge in [-0.15, -0.1) is 0 Å². The molecule has 1 fully saturated rings. The molecule has 0 unspecified atom stereocenters. The number of halogens is 1. The lowest BCUT2D eigenvalue weighted by Crippen LogP contribution is -2.47. The Morgan fingerprint density at radius 1 is 1.15 bits per heavy atom. The van der Waals surface area contributed by atoms with Crippen molar-refractivity contribution in [1.29, 1.82) is 0 Å². The van der Waals surface area contributed by atoms with Crippen LogP contribution in [0, 0.1) is 0 Å². The molecule has 26 heavy (non-hydrogen) atoms. The number of aromatic nitrogens is 3. The average Bonchev–Trinajstić information content (AvgIpc) is 3.09. The summed E-state index contributed by atoms with van der Waals surface area (Å²) in [5.41, 5.74) is 3.13. The number of carbonyl (C=O) groups is 2. The van der Waals surface area contributed by atoms with Crippen molar-refractivity contribution in [3.63, 3.8) is 0 Å². The van der Waals surface area contributed by atoms with E-state index in [2.05, 4.69) is 26.0 Å². The van der Waals surface area contributed by atoms with Gasteiger partial charge in [0.05, 0.1) is 17.3 Å². The van der Waals surface area contributed by atoms with Crippen molar-refractivity contribution in [1.82, 2.24) is 20.7 Å². The van der Waals surface area contributed by atoms with Gasteiger partial charge in [0.2, 0.25) is 5.91 Å². The Bertz CT molecular complexity index is 1000. The second-order valence-electron chi connectivity index (χ2n) is 5.92. The second kappa shape index (κ2) is 6.64. The van der Waals surface area contributed by atoms with Gasteiger partial charge in [-0.1, -0.05) is 11.6 Å². The van der Waals surface area contributed by atoms with Gasteiger partial charge in [0.1, 0.15) is 11.0 Å². The van der Waals surface area contributed by atoms with Crippen molar-refractivity contribution in [2.75, 3.05) is 29.9 Å². The number of carbonyl (C=O) groups excluding carboxylic acids is 2. The molecule has 3 N–H and O–H groups in total. The molecule has 0 aliphatic carbocycles. The Morgan fingerprint density at radius 3 is 2.81 bits per heavy atom. The highest BCUT2D eigenvalue weighted by atomic mass is 35.5. The SMILES string of the molecule is O=C1CN(c2ccc(NC(=O)c3ccc4n[nH]nc4c3)cc2Cl)CCN1. The first-order chi connectivity index (χ1) is 12.6. The van der Waals surface area contributed by atoms with Crippen LogP contribution in [-0.2, 0) is 4.79 Å². The summed E-state index contributed by atoms with van der Waals surface area (Å²) in [6.45, 7) is 1.54. The Balaban J connectivity index is 1.51. The largest absolute Gasteiger partial charge is 0.359 e. The number of benzene rings is 2. The summed E-state index contributed by atoms with van der Waals surface area (Å²) in [5, 5.41) is 16.5. The number of rotatable bonds is 3. The van der Waals surface area contributed by atoms with Crippen LogP contribution < -0.4 is 15.5 Å². The number of aromatic amines is 1. The number of hydrogen-bond acceptors (Lipinski definition) is 5. The van der Waals surface area contributed by atoms with Crippen LogP contribution in [0.2, 0.25) is 5.02 Å². The van der Waals surface area contributed by atoms with Gasteiger partial charge in [0.25, 0.3) is 5.91 Å². The summed E-state index contributed by atoms with van der Waals surface area (Å²) in [6, 6.07) is 10.3. The zero-order valence-electron chi connectivity index (χ0n) is 13.6. The van der Waals surface area contributed by atoms with Crippen molar-refractivity contribution in [2.24, 2.45) is 0 Å². The lowest BCUT2D eigenvalue weighted by atomic mass is 10.1. The third kappa shape index (κ3) is 3.18. The van der Waals surface area contributed by atoms with Crippen LogP contribution >= 0.6 is 11.6 Å². The highest BCUT2D eigenvalue weighted by Crippen LogP contribution is 2.29. The molecule has 1 aliphatic heterocycles. The number of anilines is 2. The molecule has 4 rings (SSSR count). The molecule has 1 saturated heterocycles. The summed E-state index contributed by atoms with van der Waals surface area (Å²) in [4.78, 5) is 25.9. The molecule has 0 saturated carbocycles. The molecule has 132 valence electrons. The lowest BCUT2D eigenvalue weighted by molar-refractivity contribution is -0.120. The first-order valence-electron chi connectivity index (χ1n) is 8.03. The summed E-state index contributed by atoms with van der Waals surface area (Å²) >= 11 is 6.36. The fourth-order valence-electron chi connectivity index (χ4n) is 2.87. The predicted molar refractivity (Wildman–Crippen MR) is 98.5 cm³/mol. The molecule has 1 aliphatic rings. The van der Waals surface area contributed by atoms with Crippen LogP contribution in [0.5, 0.6) is 0 Å². The highest BCUT2D eigenvalue weighted by Gasteiger charge is 2.19. The number of piperazine rings is 1. The fourth-order valence-corrected chi connectivity index (χ4v) is 3.17.